The molecule has 29 heavy (non-hydrogen) atoms. The Morgan fingerprint density at radius 2 is 1.59 bits per heavy atom. The summed E-state index contributed by atoms with van der Waals surface area (Å²) in [6.45, 7) is 7.36. The van der Waals surface area contributed by atoms with Gasteiger partial charge in [0.05, 0.1) is 4.90 Å². The van der Waals surface area contributed by atoms with Gasteiger partial charge in [0.25, 0.3) is 5.91 Å². The van der Waals surface area contributed by atoms with Crippen LogP contribution in [0.5, 0.6) is 0 Å². The van der Waals surface area contributed by atoms with Crippen molar-refractivity contribution in [2.75, 3.05) is 5.32 Å². The van der Waals surface area contributed by atoms with Crippen molar-refractivity contribution in [3.8, 4) is 0 Å². The summed E-state index contributed by atoms with van der Waals surface area (Å²) in [5.41, 5.74) is 1.71. The number of nitrogens with one attached hydrogen (secondary N) is 1. The second kappa shape index (κ2) is 7.83. The zero-order valence-corrected chi connectivity index (χ0v) is 17.5. The number of halogens is 1. The van der Waals surface area contributed by atoms with Crippen molar-refractivity contribution in [3.63, 3.8) is 0 Å². The Labute approximate surface area is 170 Å². The van der Waals surface area contributed by atoms with E-state index in [2.05, 4.69) is 5.32 Å². The lowest BCUT2D eigenvalue weighted by atomic mass is 10.2. The fraction of sp³-hybridized carbons (Fsp3) is 0.227. The molecule has 1 aromatic heterocycles. The predicted octanol–water partition coefficient (Wildman–Crippen LogP) is 4.91. The first-order valence-electron chi connectivity index (χ1n) is 9.23. The third kappa shape index (κ3) is 3.82. The summed E-state index contributed by atoms with van der Waals surface area (Å²) in [4.78, 5) is 12.8. The molecule has 3 aromatic rings. The van der Waals surface area contributed by atoms with Crippen LogP contribution in [0.25, 0.3) is 0 Å². The van der Waals surface area contributed by atoms with E-state index >= 15 is 0 Å². The van der Waals surface area contributed by atoms with Gasteiger partial charge in [-0.3, -0.25) is 4.79 Å². The van der Waals surface area contributed by atoms with Gasteiger partial charge in [-0.25, -0.2) is 12.8 Å². The summed E-state index contributed by atoms with van der Waals surface area (Å²) < 4.78 is 41.9. The summed E-state index contributed by atoms with van der Waals surface area (Å²) in [5.74, 6) is -0.706. The predicted molar refractivity (Wildman–Crippen MR) is 111 cm³/mol. The van der Waals surface area contributed by atoms with Gasteiger partial charge in [0.15, 0.2) is 0 Å². The largest absolute Gasteiger partial charge is 0.328 e. The number of carbonyl (C=O) groups excluding carboxylic acids is 1. The van der Waals surface area contributed by atoms with Crippen molar-refractivity contribution < 1.29 is 17.6 Å². The third-order valence-corrected chi connectivity index (χ3v) is 6.81. The maximum Gasteiger partial charge on any atom is 0.256 e. The zero-order chi connectivity index (χ0) is 21.3. The highest BCUT2D eigenvalue weighted by molar-refractivity contribution is 7.91. The maximum atomic E-state index is 13.4. The van der Waals surface area contributed by atoms with E-state index < -0.39 is 21.6 Å². The van der Waals surface area contributed by atoms with Gasteiger partial charge >= 0.3 is 0 Å². The zero-order valence-electron chi connectivity index (χ0n) is 16.7. The van der Waals surface area contributed by atoms with Crippen molar-refractivity contribution in [1.82, 2.24) is 4.57 Å². The number of sulfone groups is 1. The highest BCUT2D eigenvalue weighted by atomic mass is 32.2. The fourth-order valence-corrected chi connectivity index (χ4v) is 5.08. The van der Waals surface area contributed by atoms with Crippen LogP contribution in [0.4, 0.5) is 10.2 Å². The van der Waals surface area contributed by atoms with Gasteiger partial charge in [-0.1, -0.05) is 18.2 Å². The number of nitrogens with zero attached hydrogens (tertiary/aromatic N) is 1. The number of benzene rings is 2. The van der Waals surface area contributed by atoms with E-state index in [9.17, 15) is 17.6 Å². The van der Waals surface area contributed by atoms with Gasteiger partial charge in [0.2, 0.25) is 9.84 Å². The van der Waals surface area contributed by atoms with Gasteiger partial charge in [-0.2, -0.15) is 0 Å². The molecule has 0 unspecified atom stereocenters. The summed E-state index contributed by atoms with van der Waals surface area (Å²) in [5, 5.41) is 2.80. The molecule has 7 heteroatoms. The lowest BCUT2D eigenvalue weighted by Gasteiger charge is -2.17. The Balaban J connectivity index is 2.20. The first kappa shape index (κ1) is 20.8. The Morgan fingerprint density at radius 3 is 2.14 bits per heavy atom. The average Bonchev–Trinajstić information content (AvgIpc) is 2.93. The van der Waals surface area contributed by atoms with Gasteiger partial charge in [-0.15, -0.1) is 0 Å². The van der Waals surface area contributed by atoms with E-state index in [-0.39, 0.29) is 21.7 Å². The Kier molecular flexibility index (Phi) is 5.61. The van der Waals surface area contributed by atoms with Gasteiger partial charge in [0, 0.05) is 17.3 Å². The summed E-state index contributed by atoms with van der Waals surface area (Å²) in [6.07, 6.45) is 0. The van der Waals surface area contributed by atoms with E-state index in [1.54, 1.807) is 41.8 Å². The molecule has 1 N–H and O–H groups in total. The van der Waals surface area contributed by atoms with Crippen molar-refractivity contribution in [3.05, 3.63) is 77.2 Å². The highest BCUT2D eigenvalue weighted by Crippen LogP contribution is 2.37. The Bertz CT molecular complexity index is 1150. The number of hydrogen-bond donors (Lipinski definition) is 1. The van der Waals surface area contributed by atoms with Crippen LogP contribution >= 0.6 is 0 Å². The molecular formula is C22H23FN2O3S. The van der Waals surface area contributed by atoms with E-state index in [1.165, 1.54) is 12.1 Å². The first-order valence-corrected chi connectivity index (χ1v) is 10.7. The van der Waals surface area contributed by atoms with E-state index in [0.29, 0.717) is 11.1 Å². The van der Waals surface area contributed by atoms with Crippen LogP contribution in [0.2, 0.25) is 0 Å². The van der Waals surface area contributed by atoms with Crippen molar-refractivity contribution in [1.29, 1.82) is 0 Å². The molecule has 0 saturated carbocycles. The number of aromatic nitrogens is 1. The highest BCUT2D eigenvalue weighted by Gasteiger charge is 2.31. The summed E-state index contributed by atoms with van der Waals surface area (Å²) in [7, 11) is -3.98. The number of carbonyl (C=O) groups is 1. The van der Waals surface area contributed by atoms with Gasteiger partial charge in [-0.05, 0) is 69.7 Å². The van der Waals surface area contributed by atoms with Crippen LogP contribution < -0.4 is 5.32 Å². The van der Waals surface area contributed by atoms with E-state index in [4.69, 9.17) is 0 Å². The maximum absolute atomic E-state index is 13.4. The minimum Gasteiger partial charge on any atom is -0.328 e. The smallest absolute Gasteiger partial charge is 0.256 e. The van der Waals surface area contributed by atoms with Gasteiger partial charge < -0.3 is 9.88 Å². The van der Waals surface area contributed by atoms with Gasteiger partial charge in [0.1, 0.15) is 16.5 Å². The van der Waals surface area contributed by atoms with Crippen molar-refractivity contribution >= 4 is 21.6 Å². The van der Waals surface area contributed by atoms with Crippen LogP contribution in [0, 0.1) is 19.7 Å². The number of amides is 1. The molecule has 3 rings (SSSR count). The lowest BCUT2D eigenvalue weighted by molar-refractivity contribution is 0.102. The van der Waals surface area contributed by atoms with Crippen molar-refractivity contribution in [2.45, 2.75) is 43.5 Å². The fourth-order valence-electron chi connectivity index (χ4n) is 3.39. The Morgan fingerprint density at radius 1 is 1.00 bits per heavy atom. The third-order valence-electron chi connectivity index (χ3n) is 4.88. The number of rotatable bonds is 5. The molecule has 0 atom stereocenters. The molecule has 1 amide bonds. The molecule has 0 fully saturated rings. The van der Waals surface area contributed by atoms with Crippen LogP contribution in [-0.2, 0) is 9.84 Å². The number of anilines is 1. The summed E-state index contributed by atoms with van der Waals surface area (Å²) >= 11 is 0. The molecule has 0 spiro atoms. The van der Waals surface area contributed by atoms with Crippen molar-refractivity contribution in [2.24, 2.45) is 0 Å². The molecule has 0 aliphatic carbocycles. The van der Waals surface area contributed by atoms with Crippen LogP contribution in [0.15, 0.2) is 64.4 Å². The molecule has 0 radical (unpaired) electrons. The quantitative estimate of drug-likeness (QED) is 0.603. The normalized spacial score (nSPS) is 11.7. The molecule has 152 valence electrons. The summed E-state index contributed by atoms with van der Waals surface area (Å²) in [6, 6.07) is 13.2. The second-order valence-electron chi connectivity index (χ2n) is 7.13. The standard InChI is InChI=1S/C22H23FN2O3S/c1-14(2)25-16(4)15(3)20(29(27,28)19-12-10-18(23)11-13-19)21(25)24-22(26)17-8-6-5-7-9-17/h5-14H,1-4H3,(H,24,26). The topological polar surface area (TPSA) is 68.2 Å². The van der Waals surface area contributed by atoms with Crippen LogP contribution in [0.1, 0.15) is 41.5 Å². The SMILES string of the molecule is Cc1c(S(=O)(=O)c2ccc(F)cc2)c(NC(=O)c2ccccc2)n(C(C)C)c1C. The van der Waals surface area contributed by atoms with E-state index in [1.807, 2.05) is 20.8 Å². The second-order valence-corrected chi connectivity index (χ2v) is 9.02. The molecule has 5 nitrogen and oxygen atoms in total. The number of hydrogen-bond acceptors (Lipinski definition) is 3. The molecule has 0 aliphatic rings. The lowest BCUT2D eigenvalue weighted by Crippen LogP contribution is -2.18. The molecular weight excluding hydrogens is 391 g/mol. The van der Waals surface area contributed by atoms with Crippen LogP contribution in [-0.4, -0.2) is 18.9 Å². The molecule has 2 aromatic carbocycles. The molecule has 0 bridgehead atoms. The molecule has 0 aliphatic heterocycles. The monoisotopic (exact) mass is 414 g/mol. The molecule has 0 saturated heterocycles. The van der Waals surface area contributed by atoms with Crippen LogP contribution in [0.3, 0.4) is 0 Å². The minimum absolute atomic E-state index is 0.0274. The minimum atomic E-state index is -3.98. The van der Waals surface area contributed by atoms with E-state index in [0.717, 1.165) is 17.8 Å². The Hall–Kier alpha value is -2.93. The average molecular weight is 415 g/mol. The molecule has 1 heterocycles. The first-order chi connectivity index (χ1) is 13.6.